The smallest absolute Gasteiger partial charge is 0.294 e. The molecule has 160 valence electrons. The van der Waals surface area contributed by atoms with Crippen molar-refractivity contribution in [1.29, 1.82) is 0 Å². The minimum atomic E-state index is -0.0137. The summed E-state index contributed by atoms with van der Waals surface area (Å²) in [5.41, 5.74) is 5.79. The molecule has 1 aliphatic rings. The summed E-state index contributed by atoms with van der Waals surface area (Å²) in [6.07, 6.45) is 6.64. The van der Waals surface area contributed by atoms with Crippen molar-refractivity contribution < 1.29 is 8.98 Å². The van der Waals surface area contributed by atoms with E-state index in [0.717, 1.165) is 35.1 Å². The maximum Gasteiger partial charge on any atom is 0.294 e. The number of nitrogens with zero attached hydrogens (tertiary/aromatic N) is 2. The van der Waals surface area contributed by atoms with E-state index in [1.807, 2.05) is 12.1 Å². The van der Waals surface area contributed by atoms with E-state index in [1.165, 1.54) is 22.3 Å². The predicted octanol–water partition coefficient (Wildman–Crippen LogP) is 7.14. The number of rotatable bonds is 3. The first kappa shape index (κ1) is 19.4. The molecular weight excluding hydrogens is 392 g/mol. The summed E-state index contributed by atoms with van der Waals surface area (Å²) in [5.74, 6) is 1.24. The molecule has 2 aromatic heterocycles. The number of aromatic nitrogens is 2. The lowest BCUT2D eigenvalue weighted by molar-refractivity contribution is -0.764. The van der Waals surface area contributed by atoms with Crippen LogP contribution in [0, 0.1) is 0 Å². The molecule has 0 fully saturated rings. The number of imidazole rings is 1. The Morgan fingerprint density at radius 1 is 0.844 bits per heavy atom. The van der Waals surface area contributed by atoms with Gasteiger partial charge in [0.1, 0.15) is 34.8 Å². The van der Waals surface area contributed by atoms with Crippen molar-refractivity contribution in [2.24, 2.45) is 0 Å². The summed E-state index contributed by atoms with van der Waals surface area (Å²) in [6, 6.07) is 23.8. The molecule has 5 aromatic rings. The van der Waals surface area contributed by atoms with Crippen LogP contribution >= 0.6 is 0 Å². The Labute approximate surface area is 188 Å². The summed E-state index contributed by atoms with van der Waals surface area (Å²) in [7, 11) is 0. The number of benzene rings is 3. The standard InChI is InChI=1S/C29H29N2O/c1-5-28(3)24-13-9-7-12-23(24)27-30(17-18-31(27)29(28,4)6-2)20-15-16-22-21-11-8-10-14-25(21)32-26(22)19-20/h7-19H,5-6H2,1-4H3/q+1. The van der Waals surface area contributed by atoms with Gasteiger partial charge in [0.05, 0.1) is 5.56 Å². The quantitative estimate of drug-likeness (QED) is 0.284. The third-order valence-electron chi connectivity index (χ3n) is 8.34. The second-order valence-electron chi connectivity index (χ2n) is 9.50. The van der Waals surface area contributed by atoms with Gasteiger partial charge in [0.25, 0.3) is 5.82 Å². The molecule has 0 aliphatic carbocycles. The minimum absolute atomic E-state index is 0.0137. The van der Waals surface area contributed by atoms with Crippen molar-refractivity contribution >= 4 is 21.9 Å². The first-order valence-electron chi connectivity index (χ1n) is 11.7. The topological polar surface area (TPSA) is 21.9 Å². The third-order valence-corrected chi connectivity index (χ3v) is 8.34. The second kappa shape index (κ2) is 6.59. The van der Waals surface area contributed by atoms with E-state index in [9.17, 15) is 0 Å². The van der Waals surface area contributed by atoms with Crippen LogP contribution in [0.2, 0.25) is 0 Å². The summed E-state index contributed by atoms with van der Waals surface area (Å²) < 4.78 is 11.0. The number of fused-ring (bicyclic) bond motifs is 6. The molecule has 2 atom stereocenters. The molecule has 0 saturated carbocycles. The Kier molecular flexibility index (Phi) is 3.98. The monoisotopic (exact) mass is 421 g/mol. The minimum Gasteiger partial charge on any atom is -0.456 e. The van der Waals surface area contributed by atoms with Gasteiger partial charge in [0.2, 0.25) is 0 Å². The highest BCUT2D eigenvalue weighted by molar-refractivity contribution is 6.05. The summed E-state index contributed by atoms with van der Waals surface area (Å²) in [4.78, 5) is 0. The van der Waals surface area contributed by atoms with Crippen molar-refractivity contribution in [2.45, 2.75) is 51.5 Å². The van der Waals surface area contributed by atoms with Crippen LogP contribution < -0.4 is 4.57 Å². The van der Waals surface area contributed by atoms with E-state index in [1.54, 1.807) is 0 Å². The van der Waals surface area contributed by atoms with E-state index in [-0.39, 0.29) is 11.0 Å². The van der Waals surface area contributed by atoms with Crippen molar-refractivity contribution in [3.05, 3.63) is 84.7 Å². The molecule has 0 bridgehead atoms. The fourth-order valence-electron chi connectivity index (χ4n) is 5.97. The van der Waals surface area contributed by atoms with Gasteiger partial charge in [-0.3, -0.25) is 0 Å². The van der Waals surface area contributed by atoms with Crippen LogP contribution in [-0.4, -0.2) is 4.57 Å². The first-order valence-corrected chi connectivity index (χ1v) is 11.7. The van der Waals surface area contributed by atoms with Crippen molar-refractivity contribution in [2.75, 3.05) is 0 Å². The Hall–Kier alpha value is -3.33. The van der Waals surface area contributed by atoms with Crippen LogP contribution in [0.3, 0.4) is 0 Å². The Bertz CT molecular complexity index is 1490. The van der Waals surface area contributed by atoms with E-state index in [4.69, 9.17) is 4.42 Å². The zero-order valence-electron chi connectivity index (χ0n) is 19.2. The molecule has 0 saturated heterocycles. The number of hydrogen-bond acceptors (Lipinski definition) is 1. The third kappa shape index (κ3) is 2.29. The first-order chi connectivity index (χ1) is 15.5. The van der Waals surface area contributed by atoms with Crippen molar-refractivity contribution in [3.8, 4) is 17.1 Å². The number of hydrogen-bond donors (Lipinski definition) is 0. The normalized spacial score (nSPS) is 22.2. The molecule has 3 aromatic carbocycles. The van der Waals surface area contributed by atoms with Gasteiger partial charge < -0.3 is 4.42 Å². The van der Waals surface area contributed by atoms with Gasteiger partial charge in [0, 0.05) is 22.3 Å². The molecule has 0 spiro atoms. The number of furan rings is 1. The van der Waals surface area contributed by atoms with Gasteiger partial charge in [0.15, 0.2) is 0 Å². The molecule has 6 rings (SSSR count). The molecule has 0 radical (unpaired) electrons. The highest BCUT2D eigenvalue weighted by Crippen LogP contribution is 2.49. The molecule has 2 unspecified atom stereocenters. The second-order valence-corrected chi connectivity index (χ2v) is 9.50. The Morgan fingerprint density at radius 2 is 1.59 bits per heavy atom. The highest BCUT2D eigenvalue weighted by atomic mass is 16.3. The maximum absolute atomic E-state index is 6.20. The Morgan fingerprint density at radius 3 is 2.41 bits per heavy atom. The molecule has 0 N–H and O–H groups in total. The van der Waals surface area contributed by atoms with Gasteiger partial charge in [-0.05, 0) is 49.6 Å². The molecule has 1 aliphatic heterocycles. The highest BCUT2D eigenvalue weighted by Gasteiger charge is 2.55. The molecule has 3 nitrogen and oxygen atoms in total. The van der Waals surface area contributed by atoms with Crippen LogP contribution in [0.4, 0.5) is 0 Å². The summed E-state index contributed by atoms with van der Waals surface area (Å²) in [6.45, 7) is 9.49. The van der Waals surface area contributed by atoms with Gasteiger partial charge in [-0.25, -0.2) is 4.57 Å². The van der Waals surface area contributed by atoms with Gasteiger partial charge >= 0.3 is 0 Å². The largest absolute Gasteiger partial charge is 0.456 e. The average molecular weight is 422 g/mol. The fourth-order valence-corrected chi connectivity index (χ4v) is 5.97. The zero-order chi connectivity index (χ0) is 22.1. The average Bonchev–Trinajstić information content (AvgIpc) is 3.44. The maximum atomic E-state index is 6.20. The SMILES string of the molecule is CCC1(C)c2ccccc2-c2n(-c3ccc4c(c3)oc3ccccc34)cc[n+]2C1(C)CC. The van der Waals surface area contributed by atoms with Crippen molar-refractivity contribution in [3.63, 3.8) is 0 Å². The lowest BCUT2D eigenvalue weighted by Crippen LogP contribution is -2.67. The van der Waals surface area contributed by atoms with E-state index < -0.39 is 0 Å². The van der Waals surface area contributed by atoms with Crippen LogP contribution in [0.25, 0.3) is 39.0 Å². The van der Waals surface area contributed by atoms with E-state index in [2.05, 4.69) is 104 Å². The lowest BCUT2D eigenvalue weighted by atomic mass is 9.61. The number of para-hydroxylation sites is 1. The Balaban J connectivity index is 1.63. The van der Waals surface area contributed by atoms with Gasteiger partial charge in [-0.1, -0.05) is 57.2 Å². The van der Waals surface area contributed by atoms with E-state index in [0.29, 0.717) is 0 Å². The molecule has 3 heteroatoms. The van der Waals surface area contributed by atoms with Gasteiger partial charge in [-0.2, -0.15) is 4.57 Å². The van der Waals surface area contributed by atoms with Crippen LogP contribution in [0.15, 0.2) is 83.5 Å². The fraction of sp³-hybridized carbons (Fsp3) is 0.276. The van der Waals surface area contributed by atoms with E-state index >= 15 is 0 Å². The van der Waals surface area contributed by atoms with Crippen LogP contribution in [0.1, 0.15) is 46.1 Å². The van der Waals surface area contributed by atoms with Crippen LogP contribution in [0.5, 0.6) is 0 Å². The lowest BCUT2D eigenvalue weighted by Gasteiger charge is -2.47. The molecule has 32 heavy (non-hydrogen) atoms. The molecule has 0 amide bonds. The van der Waals surface area contributed by atoms with Crippen LogP contribution in [-0.2, 0) is 11.0 Å². The van der Waals surface area contributed by atoms with Crippen molar-refractivity contribution in [1.82, 2.24) is 4.57 Å². The summed E-state index contributed by atoms with van der Waals surface area (Å²) >= 11 is 0. The predicted molar refractivity (Wildman–Crippen MR) is 130 cm³/mol. The summed E-state index contributed by atoms with van der Waals surface area (Å²) in [5, 5.41) is 2.33. The molecular formula is C29H29N2O+. The molecule has 3 heterocycles. The zero-order valence-corrected chi connectivity index (χ0v) is 19.2. The van der Waals surface area contributed by atoms with Gasteiger partial charge in [-0.15, -0.1) is 0 Å².